The predicted molar refractivity (Wildman–Crippen MR) is 71.5 cm³/mol. The Morgan fingerprint density at radius 2 is 1.78 bits per heavy atom. The van der Waals surface area contributed by atoms with Gasteiger partial charge in [-0.3, -0.25) is 4.79 Å². The number of nitrogens with zero attached hydrogens (tertiary/aromatic N) is 1. The van der Waals surface area contributed by atoms with Gasteiger partial charge < -0.3 is 0 Å². The van der Waals surface area contributed by atoms with E-state index in [-0.39, 0.29) is 5.91 Å². The highest BCUT2D eigenvalue weighted by molar-refractivity contribution is 6.30. The molecule has 1 N–H and O–H groups in total. The lowest BCUT2D eigenvalue weighted by molar-refractivity contribution is -0.642. The van der Waals surface area contributed by atoms with Gasteiger partial charge in [0.25, 0.3) is 5.91 Å². The number of hydrogen-bond acceptors (Lipinski definition) is 1. The van der Waals surface area contributed by atoms with Crippen molar-refractivity contribution in [2.24, 2.45) is 0 Å². The minimum absolute atomic E-state index is 0.193. The summed E-state index contributed by atoms with van der Waals surface area (Å²) in [7, 11) is 0. The Morgan fingerprint density at radius 1 is 1.11 bits per heavy atom. The Balaban J connectivity index is 1.97. The lowest BCUT2D eigenvalue weighted by atomic mass is 10.2. The first-order chi connectivity index (χ1) is 8.74. The van der Waals surface area contributed by atoms with Gasteiger partial charge in [0.1, 0.15) is 0 Å². The van der Waals surface area contributed by atoms with Gasteiger partial charge >= 0.3 is 0 Å². The van der Waals surface area contributed by atoms with Crippen molar-refractivity contribution in [3.05, 3.63) is 71.5 Å². The molecule has 2 aromatic rings. The lowest BCUT2D eigenvalue weighted by Gasteiger charge is -1.95. The normalized spacial score (nSPS) is 10.5. The zero-order chi connectivity index (χ0) is 12.8. The van der Waals surface area contributed by atoms with Gasteiger partial charge in [-0.2, -0.15) is 0 Å². The van der Waals surface area contributed by atoms with Gasteiger partial charge in [-0.05, 0) is 23.8 Å². The van der Waals surface area contributed by atoms with Crippen LogP contribution in [0.1, 0.15) is 5.56 Å². The largest absolute Gasteiger partial charge is 0.298 e. The number of carbonyl (C=O) groups is 1. The molecule has 0 fully saturated rings. The third-order valence-electron chi connectivity index (χ3n) is 2.25. The first-order valence-electron chi connectivity index (χ1n) is 5.45. The maximum Gasteiger partial charge on any atom is 0.298 e. The Morgan fingerprint density at radius 3 is 2.44 bits per heavy atom. The monoisotopic (exact) mass is 259 g/mol. The quantitative estimate of drug-likeness (QED) is 0.666. The highest BCUT2D eigenvalue weighted by atomic mass is 35.5. The van der Waals surface area contributed by atoms with E-state index >= 15 is 0 Å². The molecule has 1 aromatic heterocycles. The first-order valence-corrected chi connectivity index (χ1v) is 5.83. The van der Waals surface area contributed by atoms with Crippen LogP contribution in [0.5, 0.6) is 0 Å². The molecule has 4 heteroatoms. The summed E-state index contributed by atoms with van der Waals surface area (Å²) < 4.78 is 1.59. The first kappa shape index (κ1) is 12.3. The number of rotatable bonds is 3. The Bertz CT molecular complexity index is 550. The molecule has 0 saturated heterocycles. The van der Waals surface area contributed by atoms with E-state index < -0.39 is 0 Å². The van der Waals surface area contributed by atoms with E-state index in [1.165, 1.54) is 6.08 Å². The fraction of sp³-hybridized carbons (Fsp3) is 0. The molecule has 0 aliphatic heterocycles. The number of nitrogens with one attached hydrogen (secondary N) is 1. The van der Waals surface area contributed by atoms with E-state index in [0.717, 1.165) is 5.56 Å². The van der Waals surface area contributed by atoms with Crippen molar-refractivity contribution in [3.63, 3.8) is 0 Å². The van der Waals surface area contributed by atoms with E-state index in [1.807, 2.05) is 30.3 Å². The Labute approximate surface area is 110 Å². The summed E-state index contributed by atoms with van der Waals surface area (Å²) in [4.78, 5) is 11.6. The topological polar surface area (TPSA) is 33.0 Å². The van der Waals surface area contributed by atoms with Gasteiger partial charge in [-0.25, -0.2) is 0 Å². The smallest absolute Gasteiger partial charge is 0.264 e. The molecular weight excluding hydrogens is 248 g/mol. The van der Waals surface area contributed by atoms with Crippen LogP contribution in [-0.4, -0.2) is 5.91 Å². The molecular formula is C14H12ClN2O+. The fourth-order valence-corrected chi connectivity index (χ4v) is 1.51. The van der Waals surface area contributed by atoms with Crippen LogP contribution < -0.4 is 10.1 Å². The zero-order valence-electron chi connectivity index (χ0n) is 9.58. The van der Waals surface area contributed by atoms with Gasteiger partial charge in [0.05, 0.1) is 0 Å². The Hall–Kier alpha value is -2.13. The van der Waals surface area contributed by atoms with Crippen LogP contribution in [0.3, 0.4) is 0 Å². The van der Waals surface area contributed by atoms with Crippen molar-refractivity contribution in [1.82, 2.24) is 0 Å². The summed E-state index contributed by atoms with van der Waals surface area (Å²) in [6.45, 7) is 0. The maximum atomic E-state index is 11.6. The molecule has 0 aliphatic rings. The fourth-order valence-electron chi connectivity index (χ4n) is 1.38. The van der Waals surface area contributed by atoms with Crippen LogP contribution in [-0.2, 0) is 4.79 Å². The molecule has 18 heavy (non-hydrogen) atoms. The molecule has 1 amide bonds. The summed E-state index contributed by atoms with van der Waals surface area (Å²) in [5.74, 6) is -0.193. The lowest BCUT2D eigenvalue weighted by Crippen LogP contribution is -2.46. The summed E-state index contributed by atoms with van der Waals surface area (Å²) >= 11 is 5.77. The van der Waals surface area contributed by atoms with Crippen LogP contribution >= 0.6 is 11.6 Å². The molecule has 0 saturated carbocycles. The van der Waals surface area contributed by atoms with Crippen LogP contribution in [0.15, 0.2) is 60.9 Å². The summed E-state index contributed by atoms with van der Waals surface area (Å²) in [5.41, 5.74) is 3.61. The van der Waals surface area contributed by atoms with Crippen LogP contribution in [0.4, 0.5) is 0 Å². The van der Waals surface area contributed by atoms with Crippen molar-refractivity contribution in [1.29, 1.82) is 0 Å². The number of hydrogen-bond donors (Lipinski definition) is 1. The van der Waals surface area contributed by atoms with Gasteiger partial charge in [0.15, 0.2) is 12.4 Å². The third-order valence-corrected chi connectivity index (χ3v) is 2.50. The minimum Gasteiger partial charge on any atom is -0.264 e. The molecule has 1 aromatic carbocycles. The van der Waals surface area contributed by atoms with Crippen molar-refractivity contribution in [2.75, 3.05) is 5.43 Å². The van der Waals surface area contributed by atoms with Crippen LogP contribution in [0.2, 0.25) is 5.02 Å². The number of halogens is 1. The minimum atomic E-state index is -0.193. The van der Waals surface area contributed by atoms with Gasteiger partial charge in [0, 0.05) is 23.2 Å². The van der Waals surface area contributed by atoms with E-state index in [0.29, 0.717) is 5.02 Å². The summed E-state index contributed by atoms with van der Waals surface area (Å²) in [6.07, 6.45) is 6.72. The van der Waals surface area contributed by atoms with E-state index in [2.05, 4.69) is 5.43 Å². The van der Waals surface area contributed by atoms with E-state index in [4.69, 9.17) is 11.6 Å². The second-order valence-corrected chi connectivity index (χ2v) is 4.08. The highest BCUT2D eigenvalue weighted by Crippen LogP contribution is 2.10. The van der Waals surface area contributed by atoms with Crippen LogP contribution in [0, 0.1) is 0 Å². The average molecular weight is 260 g/mol. The molecule has 0 atom stereocenters. The van der Waals surface area contributed by atoms with Gasteiger partial charge in [-0.1, -0.05) is 34.5 Å². The van der Waals surface area contributed by atoms with Crippen molar-refractivity contribution in [2.45, 2.75) is 0 Å². The second-order valence-electron chi connectivity index (χ2n) is 3.64. The number of carbonyl (C=O) groups excluding carboxylic acids is 1. The number of pyridine rings is 1. The zero-order valence-corrected chi connectivity index (χ0v) is 10.3. The standard InChI is InChI=1S/C14H11ClN2O/c15-13-7-4-12(5-8-13)6-9-14(18)16-17-10-2-1-3-11-17/h1-11H/p+1. The van der Waals surface area contributed by atoms with E-state index in [1.54, 1.807) is 35.3 Å². The molecule has 2 rings (SSSR count). The molecule has 1 heterocycles. The number of amides is 1. The van der Waals surface area contributed by atoms with E-state index in [9.17, 15) is 4.79 Å². The number of benzene rings is 1. The SMILES string of the molecule is O=C(C=Cc1ccc(Cl)cc1)N[n+]1ccccc1. The molecule has 0 unspecified atom stereocenters. The maximum absolute atomic E-state index is 11.6. The molecule has 0 bridgehead atoms. The van der Waals surface area contributed by atoms with Crippen LogP contribution in [0.25, 0.3) is 6.08 Å². The van der Waals surface area contributed by atoms with Crippen molar-refractivity contribution < 1.29 is 9.47 Å². The average Bonchev–Trinajstić information content (AvgIpc) is 2.39. The summed E-state index contributed by atoms with van der Waals surface area (Å²) in [6, 6.07) is 12.8. The molecule has 0 aliphatic carbocycles. The molecule has 0 spiro atoms. The van der Waals surface area contributed by atoms with Crippen molar-refractivity contribution in [3.8, 4) is 0 Å². The highest BCUT2D eigenvalue weighted by Gasteiger charge is 2.01. The van der Waals surface area contributed by atoms with Crippen molar-refractivity contribution >= 4 is 23.6 Å². The molecule has 90 valence electrons. The number of aromatic nitrogens is 1. The van der Waals surface area contributed by atoms with Gasteiger partial charge in [-0.15, -0.1) is 5.43 Å². The van der Waals surface area contributed by atoms with Gasteiger partial charge in [0.2, 0.25) is 0 Å². The Kier molecular flexibility index (Phi) is 4.10. The molecule has 0 radical (unpaired) electrons. The predicted octanol–water partition coefficient (Wildman–Crippen LogP) is 2.41. The summed E-state index contributed by atoms with van der Waals surface area (Å²) in [5, 5.41) is 0.677. The second kappa shape index (κ2) is 5.98. The molecule has 3 nitrogen and oxygen atoms in total. The third kappa shape index (κ3) is 3.71.